The highest BCUT2D eigenvalue weighted by Crippen LogP contribution is 2.13. The SMILES string of the molecule is CCCC[C@@H](N)CN[C@@H](CN[C@H](/C=C/c1ccccc1)CC(C)C)Cc1ccc(O)cc1. The van der Waals surface area contributed by atoms with Crippen LogP contribution in [0.2, 0.25) is 0 Å². The van der Waals surface area contributed by atoms with Gasteiger partial charge in [-0.05, 0) is 48.4 Å². The topological polar surface area (TPSA) is 70.3 Å². The Balaban J connectivity index is 2.01. The van der Waals surface area contributed by atoms with E-state index in [1.807, 2.05) is 18.2 Å². The van der Waals surface area contributed by atoms with E-state index >= 15 is 0 Å². The fourth-order valence-electron chi connectivity index (χ4n) is 3.84. The molecule has 4 nitrogen and oxygen atoms in total. The molecule has 4 heteroatoms. The molecular weight excluding hydrogens is 394 g/mol. The number of hydrogen-bond acceptors (Lipinski definition) is 4. The number of unbranched alkanes of at least 4 members (excludes halogenated alkanes) is 1. The minimum absolute atomic E-state index is 0.182. The van der Waals surface area contributed by atoms with Crippen LogP contribution in [-0.4, -0.2) is 36.3 Å². The molecule has 0 fully saturated rings. The molecule has 0 aliphatic heterocycles. The predicted molar refractivity (Wildman–Crippen MR) is 138 cm³/mol. The molecule has 2 aromatic carbocycles. The summed E-state index contributed by atoms with van der Waals surface area (Å²) in [5.74, 6) is 0.917. The summed E-state index contributed by atoms with van der Waals surface area (Å²) < 4.78 is 0. The van der Waals surface area contributed by atoms with Gasteiger partial charge >= 0.3 is 0 Å². The van der Waals surface area contributed by atoms with Crippen LogP contribution in [0.15, 0.2) is 60.7 Å². The van der Waals surface area contributed by atoms with Crippen LogP contribution < -0.4 is 16.4 Å². The molecule has 0 amide bonds. The van der Waals surface area contributed by atoms with E-state index in [0.29, 0.717) is 17.7 Å². The van der Waals surface area contributed by atoms with Gasteiger partial charge in [0.15, 0.2) is 0 Å². The Morgan fingerprint density at radius 1 is 0.969 bits per heavy atom. The molecule has 0 bridgehead atoms. The molecule has 176 valence electrons. The highest BCUT2D eigenvalue weighted by molar-refractivity contribution is 5.49. The zero-order valence-corrected chi connectivity index (χ0v) is 20.1. The zero-order valence-electron chi connectivity index (χ0n) is 20.1. The molecule has 0 heterocycles. The second kappa shape index (κ2) is 14.8. The maximum Gasteiger partial charge on any atom is 0.115 e. The summed E-state index contributed by atoms with van der Waals surface area (Å²) in [4.78, 5) is 0. The van der Waals surface area contributed by atoms with Crippen molar-refractivity contribution >= 4 is 6.08 Å². The monoisotopic (exact) mass is 437 g/mol. The van der Waals surface area contributed by atoms with Crippen molar-refractivity contribution in [2.24, 2.45) is 11.7 Å². The molecule has 0 saturated carbocycles. The zero-order chi connectivity index (χ0) is 23.2. The Morgan fingerprint density at radius 2 is 1.69 bits per heavy atom. The van der Waals surface area contributed by atoms with Gasteiger partial charge in [0.05, 0.1) is 0 Å². The summed E-state index contributed by atoms with van der Waals surface area (Å²) in [5.41, 5.74) is 8.77. The Kier molecular flexibility index (Phi) is 12.1. The van der Waals surface area contributed by atoms with Gasteiger partial charge in [0.25, 0.3) is 0 Å². The molecule has 0 aromatic heterocycles. The van der Waals surface area contributed by atoms with E-state index in [4.69, 9.17) is 5.73 Å². The lowest BCUT2D eigenvalue weighted by molar-refractivity contribution is 0.403. The largest absolute Gasteiger partial charge is 0.508 e. The van der Waals surface area contributed by atoms with Crippen molar-refractivity contribution in [1.82, 2.24) is 10.6 Å². The molecule has 0 spiro atoms. The molecule has 0 unspecified atom stereocenters. The second-order valence-electron chi connectivity index (χ2n) is 9.29. The van der Waals surface area contributed by atoms with Crippen LogP contribution in [0, 0.1) is 5.92 Å². The molecule has 3 atom stereocenters. The van der Waals surface area contributed by atoms with E-state index in [0.717, 1.165) is 32.4 Å². The van der Waals surface area contributed by atoms with Crippen molar-refractivity contribution in [3.05, 3.63) is 71.8 Å². The first-order chi connectivity index (χ1) is 15.5. The lowest BCUT2D eigenvalue weighted by Gasteiger charge is -2.25. The molecule has 32 heavy (non-hydrogen) atoms. The summed E-state index contributed by atoms with van der Waals surface area (Å²) in [5, 5.41) is 17.1. The Morgan fingerprint density at radius 3 is 2.34 bits per heavy atom. The van der Waals surface area contributed by atoms with Gasteiger partial charge in [-0.2, -0.15) is 0 Å². The minimum atomic E-state index is 0.182. The number of nitrogens with one attached hydrogen (secondary N) is 2. The van der Waals surface area contributed by atoms with E-state index in [9.17, 15) is 5.11 Å². The summed E-state index contributed by atoms with van der Waals surface area (Å²) >= 11 is 0. The average molecular weight is 438 g/mol. The van der Waals surface area contributed by atoms with E-state index in [-0.39, 0.29) is 12.1 Å². The third kappa shape index (κ3) is 10.9. The second-order valence-corrected chi connectivity index (χ2v) is 9.29. The molecule has 5 N–H and O–H groups in total. The summed E-state index contributed by atoms with van der Waals surface area (Å²) in [6.45, 7) is 8.42. The number of phenolic OH excluding ortho intramolecular Hbond substituents is 1. The summed E-state index contributed by atoms with van der Waals surface area (Å²) in [6, 6.07) is 18.8. The minimum Gasteiger partial charge on any atom is -0.508 e. The van der Waals surface area contributed by atoms with Gasteiger partial charge in [-0.15, -0.1) is 0 Å². The van der Waals surface area contributed by atoms with Crippen molar-refractivity contribution < 1.29 is 5.11 Å². The standard InChI is InChI=1S/C28H43N3O/c1-4-5-11-25(29)20-30-27(19-24-13-16-28(32)17-14-24)21-31-26(18-22(2)3)15-12-23-9-7-6-8-10-23/h6-10,12-17,22,25-27,30-32H,4-5,11,18-21,29H2,1-3H3/b15-12+/t25-,26-,27-/m1/s1. The highest BCUT2D eigenvalue weighted by atomic mass is 16.3. The normalized spacial score (nSPS) is 14.7. The highest BCUT2D eigenvalue weighted by Gasteiger charge is 2.14. The predicted octanol–water partition coefficient (Wildman–Crippen LogP) is 5.13. The van der Waals surface area contributed by atoms with Gasteiger partial charge in [0.2, 0.25) is 0 Å². The fourth-order valence-corrected chi connectivity index (χ4v) is 3.84. The fraction of sp³-hybridized carbons (Fsp3) is 0.500. The van der Waals surface area contributed by atoms with Crippen LogP contribution >= 0.6 is 0 Å². The average Bonchev–Trinajstić information content (AvgIpc) is 2.79. The maximum absolute atomic E-state index is 9.61. The van der Waals surface area contributed by atoms with Crippen LogP contribution in [0.3, 0.4) is 0 Å². The van der Waals surface area contributed by atoms with Gasteiger partial charge < -0.3 is 21.5 Å². The summed E-state index contributed by atoms with van der Waals surface area (Å²) in [6.07, 6.45) is 9.89. The van der Waals surface area contributed by atoms with Crippen molar-refractivity contribution in [1.29, 1.82) is 0 Å². The molecule has 0 radical (unpaired) electrons. The van der Waals surface area contributed by atoms with Gasteiger partial charge in [-0.1, -0.05) is 88.2 Å². The first-order valence-corrected chi connectivity index (χ1v) is 12.2. The molecule has 0 saturated heterocycles. The Labute approximate surface area is 195 Å². The third-order valence-electron chi connectivity index (χ3n) is 5.69. The smallest absolute Gasteiger partial charge is 0.115 e. The van der Waals surface area contributed by atoms with Gasteiger partial charge in [-0.25, -0.2) is 0 Å². The van der Waals surface area contributed by atoms with E-state index in [1.54, 1.807) is 12.1 Å². The quantitative estimate of drug-likeness (QED) is 0.312. The van der Waals surface area contributed by atoms with E-state index < -0.39 is 0 Å². The number of hydrogen-bond donors (Lipinski definition) is 4. The van der Waals surface area contributed by atoms with E-state index in [1.165, 1.54) is 24.0 Å². The van der Waals surface area contributed by atoms with Crippen LogP contribution in [0.25, 0.3) is 6.08 Å². The number of rotatable bonds is 15. The first-order valence-electron chi connectivity index (χ1n) is 12.2. The molecule has 2 rings (SSSR count). The molecular formula is C28H43N3O. The number of nitrogens with two attached hydrogens (primary N) is 1. The van der Waals surface area contributed by atoms with Crippen LogP contribution in [0.4, 0.5) is 0 Å². The van der Waals surface area contributed by atoms with Crippen molar-refractivity contribution in [2.75, 3.05) is 13.1 Å². The number of aromatic hydroxyl groups is 1. The summed E-state index contributed by atoms with van der Waals surface area (Å²) in [7, 11) is 0. The van der Waals surface area contributed by atoms with Crippen molar-refractivity contribution in [3.63, 3.8) is 0 Å². The third-order valence-corrected chi connectivity index (χ3v) is 5.69. The number of phenols is 1. The van der Waals surface area contributed by atoms with Gasteiger partial charge in [0.1, 0.15) is 5.75 Å². The Bertz CT molecular complexity index is 758. The lowest BCUT2D eigenvalue weighted by Crippen LogP contribution is -2.47. The van der Waals surface area contributed by atoms with E-state index in [2.05, 4.69) is 67.8 Å². The maximum atomic E-state index is 9.61. The first kappa shape index (κ1) is 26.1. The van der Waals surface area contributed by atoms with Crippen molar-refractivity contribution in [2.45, 2.75) is 71.0 Å². The molecule has 0 aliphatic carbocycles. The van der Waals surface area contributed by atoms with Crippen LogP contribution in [0.5, 0.6) is 5.75 Å². The molecule has 0 aliphatic rings. The van der Waals surface area contributed by atoms with Crippen LogP contribution in [-0.2, 0) is 6.42 Å². The van der Waals surface area contributed by atoms with Gasteiger partial charge in [0, 0.05) is 31.2 Å². The van der Waals surface area contributed by atoms with Crippen LogP contribution in [0.1, 0.15) is 57.6 Å². The lowest BCUT2D eigenvalue weighted by atomic mass is 10.0. The van der Waals surface area contributed by atoms with Gasteiger partial charge in [-0.3, -0.25) is 0 Å². The Hall–Kier alpha value is -2.14. The van der Waals surface area contributed by atoms with Crippen molar-refractivity contribution in [3.8, 4) is 5.75 Å². The molecule has 2 aromatic rings. The number of benzene rings is 2.